The van der Waals surface area contributed by atoms with Crippen molar-refractivity contribution in [2.24, 2.45) is 0 Å². The van der Waals surface area contributed by atoms with Crippen LogP contribution in [0.3, 0.4) is 0 Å². The lowest BCUT2D eigenvalue weighted by Gasteiger charge is -2.09. The Morgan fingerprint density at radius 3 is 2.32 bits per heavy atom. The maximum absolute atomic E-state index is 13.9. The van der Waals surface area contributed by atoms with Crippen molar-refractivity contribution in [3.05, 3.63) is 101 Å². The SMILES string of the molecule is COc1ccc(F)c(COc2ccc(/C=C(\NC(=O)c3ccccc3)C(=O)O)cc2)c1. The summed E-state index contributed by atoms with van der Waals surface area (Å²) in [5, 5.41) is 11.8. The van der Waals surface area contributed by atoms with Crippen molar-refractivity contribution in [1.29, 1.82) is 0 Å². The van der Waals surface area contributed by atoms with Crippen LogP contribution in [0.15, 0.2) is 78.5 Å². The van der Waals surface area contributed by atoms with Crippen LogP contribution in [0, 0.1) is 5.82 Å². The number of carbonyl (C=O) groups excluding carboxylic acids is 1. The quantitative estimate of drug-likeness (QED) is 0.531. The van der Waals surface area contributed by atoms with Gasteiger partial charge in [-0.3, -0.25) is 4.79 Å². The Bertz CT molecular complexity index is 1090. The van der Waals surface area contributed by atoms with E-state index in [-0.39, 0.29) is 12.3 Å². The van der Waals surface area contributed by atoms with Crippen LogP contribution in [0.25, 0.3) is 6.08 Å². The third-order valence-corrected chi connectivity index (χ3v) is 4.35. The second-order valence-corrected chi connectivity index (χ2v) is 6.50. The molecule has 0 atom stereocenters. The summed E-state index contributed by atoms with van der Waals surface area (Å²) in [6, 6.07) is 19.2. The standard InChI is InChI=1S/C24H20FNO5/c1-30-20-11-12-21(25)18(14-20)15-31-19-9-7-16(8-10-19)13-22(24(28)29)26-23(27)17-5-3-2-4-6-17/h2-14H,15H2,1H3,(H,26,27)(H,28,29)/b22-13-. The van der Waals surface area contributed by atoms with E-state index in [1.165, 1.54) is 25.3 Å². The molecule has 0 aliphatic heterocycles. The maximum atomic E-state index is 13.9. The number of nitrogens with one attached hydrogen (secondary N) is 1. The summed E-state index contributed by atoms with van der Waals surface area (Å²) >= 11 is 0. The molecule has 3 aromatic carbocycles. The molecule has 6 nitrogen and oxygen atoms in total. The second-order valence-electron chi connectivity index (χ2n) is 6.50. The molecule has 0 fully saturated rings. The Morgan fingerprint density at radius 2 is 1.68 bits per heavy atom. The van der Waals surface area contributed by atoms with Crippen molar-refractivity contribution in [2.45, 2.75) is 6.61 Å². The Morgan fingerprint density at radius 1 is 1.00 bits per heavy atom. The molecule has 0 saturated heterocycles. The number of carboxylic acids is 1. The fourth-order valence-electron chi connectivity index (χ4n) is 2.71. The average molecular weight is 421 g/mol. The molecule has 0 saturated carbocycles. The van der Waals surface area contributed by atoms with Gasteiger partial charge >= 0.3 is 5.97 Å². The van der Waals surface area contributed by atoms with Gasteiger partial charge in [0.15, 0.2) is 0 Å². The van der Waals surface area contributed by atoms with Crippen molar-refractivity contribution in [3.8, 4) is 11.5 Å². The first-order valence-corrected chi connectivity index (χ1v) is 9.33. The zero-order chi connectivity index (χ0) is 22.2. The van der Waals surface area contributed by atoms with Gasteiger partial charge in [-0.25, -0.2) is 9.18 Å². The first kappa shape index (κ1) is 21.6. The van der Waals surface area contributed by atoms with Crippen LogP contribution in [-0.4, -0.2) is 24.1 Å². The molecule has 0 aliphatic carbocycles. The topological polar surface area (TPSA) is 84.9 Å². The average Bonchev–Trinajstić information content (AvgIpc) is 2.79. The van der Waals surface area contributed by atoms with Crippen molar-refractivity contribution < 1.29 is 28.6 Å². The van der Waals surface area contributed by atoms with Gasteiger partial charge in [-0.15, -0.1) is 0 Å². The molecule has 0 bridgehead atoms. The van der Waals surface area contributed by atoms with E-state index in [1.54, 1.807) is 60.7 Å². The number of carbonyl (C=O) groups is 2. The summed E-state index contributed by atoms with van der Waals surface area (Å²) < 4.78 is 24.6. The Labute approximate surface area is 178 Å². The third-order valence-electron chi connectivity index (χ3n) is 4.35. The number of hydrogen-bond acceptors (Lipinski definition) is 4. The van der Waals surface area contributed by atoms with Crippen molar-refractivity contribution in [2.75, 3.05) is 7.11 Å². The molecule has 1 amide bonds. The van der Waals surface area contributed by atoms with Gasteiger partial charge in [-0.05, 0) is 54.1 Å². The maximum Gasteiger partial charge on any atom is 0.352 e. The van der Waals surface area contributed by atoms with E-state index in [1.807, 2.05) is 0 Å². The lowest BCUT2D eigenvalue weighted by Crippen LogP contribution is -2.27. The highest BCUT2D eigenvalue weighted by Crippen LogP contribution is 2.20. The van der Waals surface area contributed by atoms with Crippen molar-refractivity contribution in [1.82, 2.24) is 5.32 Å². The number of rotatable bonds is 8. The number of carboxylic acid groups (broad SMARTS) is 1. The number of benzene rings is 3. The van der Waals surface area contributed by atoms with Crippen LogP contribution < -0.4 is 14.8 Å². The number of hydrogen-bond donors (Lipinski definition) is 2. The Kier molecular flexibility index (Phi) is 7.01. The van der Waals surface area contributed by atoms with Crippen LogP contribution in [0.2, 0.25) is 0 Å². The van der Waals surface area contributed by atoms with Crippen LogP contribution in [0.4, 0.5) is 4.39 Å². The molecule has 3 rings (SSSR count). The fraction of sp³-hybridized carbons (Fsp3) is 0.0833. The van der Waals surface area contributed by atoms with E-state index in [9.17, 15) is 19.1 Å². The molecular weight excluding hydrogens is 401 g/mol. The minimum Gasteiger partial charge on any atom is -0.497 e. The fourth-order valence-corrected chi connectivity index (χ4v) is 2.71. The number of methoxy groups -OCH3 is 1. The summed E-state index contributed by atoms with van der Waals surface area (Å²) in [6.45, 7) is 0.00568. The van der Waals surface area contributed by atoms with Crippen LogP contribution in [-0.2, 0) is 11.4 Å². The summed E-state index contributed by atoms with van der Waals surface area (Å²) in [4.78, 5) is 23.7. The highest BCUT2D eigenvalue weighted by atomic mass is 19.1. The van der Waals surface area contributed by atoms with E-state index >= 15 is 0 Å². The minimum absolute atomic E-state index is 0.00568. The first-order valence-electron chi connectivity index (χ1n) is 9.33. The highest BCUT2D eigenvalue weighted by Gasteiger charge is 2.13. The summed E-state index contributed by atoms with van der Waals surface area (Å²) in [5.74, 6) is -1.18. The molecule has 0 heterocycles. The normalized spacial score (nSPS) is 11.0. The van der Waals surface area contributed by atoms with Gasteiger partial charge in [0.2, 0.25) is 0 Å². The largest absolute Gasteiger partial charge is 0.497 e. The molecule has 0 spiro atoms. The van der Waals surface area contributed by atoms with Crippen molar-refractivity contribution >= 4 is 18.0 Å². The molecular formula is C24H20FNO5. The number of halogens is 1. The monoisotopic (exact) mass is 421 g/mol. The summed E-state index contributed by atoms with van der Waals surface area (Å²) in [7, 11) is 1.50. The van der Waals surface area contributed by atoms with Gasteiger partial charge < -0.3 is 19.9 Å². The number of ether oxygens (including phenoxy) is 2. The summed E-state index contributed by atoms with van der Waals surface area (Å²) in [5.41, 5.74) is 0.981. The molecule has 7 heteroatoms. The number of aliphatic carboxylic acids is 1. The van der Waals surface area contributed by atoms with E-state index in [0.717, 1.165) is 0 Å². The zero-order valence-electron chi connectivity index (χ0n) is 16.7. The lowest BCUT2D eigenvalue weighted by molar-refractivity contribution is -0.132. The Balaban J connectivity index is 1.68. The molecule has 0 aromatic heterocycles. The number of amides is 1. The van der Waals surface area contributed by atoms with Gasteiger partial charge in [0, 0.05) is 11.1 Å². The van der Waals surface area contributed by atoms with E-state index in [0.29, 0.717) is 28.2 Å². The van der Waals surface area contributed by atoms with E-state index in [4.69, 9.17) is 9.47 Å². The third kappa shape index (κ3) is 5.93. The Hall–Kier alpha value is -4.13. The van der Waals surface area contributed by atoms with Gasteiger partial charge in [-0.2, -0.15) is 0 Å². The highest BCUT2D eigenvalue weighted by molar-refractivity contribution is 6.02. The summed E-state index contributed by atoms with van der Waals surface area (Å²) in [6.07, 6.45) is 1.34. The van der Waals surface area contributed by atoms with Crippen molar-refractivity contribution in [3.63, 3.8) is 0 Å². The minimum atomic E-state index is -1.27. The smallest absolute Gasteiger partial charge is 0.352 e. The molecule has 0 unspecified atom stereocenters. The second kappa shape index (κ2) is 10.1. The molecule has 0 radical (unpaired) electrons. The van der Waals surface area contributed by atoms with Gasteiger partial charge in [-0.1, -0.05) is 30.3 Å². The predicted octanol–water partition coefficient (Wildman–Crippen LogP) is 4.27. The van der Waals surface area contributed by atoms with Gasteiger partial charge in [0.05, 0.1) is 7.11 Å². The van der Waals surface area contributed by atoms with Crippen LogP contribution >= 0.6 is 0 Å². The van der Waals surface area contributed by atoms with E-state index < -0.39 is 17.7 Å². The van der Waals surface area contributed by atoms with Crippen LogP contribution in [0.5, 0.6) is 11.5 Å². The first-order chi connectivity index (χ1) is 15.0. The predicted molar refractivity (Wildman–Crippen MR) is 113 cm³/mol. The molecule has 3 aromatic rings. The molecule has 2 N–H and O–H groups in total. The lowest BCUT2D eigenvalue weighted by atomic mass is 10.1. The molecule has 31 heavy (non-hydrogen) atoms. The van der Waals surface area contributed by atoms with Gasteiger partial charge in [0.25, 0.3) is 5.91 Å². The zero-order valence-corrected chi connectivity index (χ0v) is 16.7. The van der Waals surface area contributed by atoms with E-state index in [2.05, 4.69) is 5.32 Å². The molecule has 158 valence electrons. The van der Waals surface area contributed by atoms with Crippen LogP contribution in [0.1, 0.15) is 21.5 Å². The molecule has 0 aliphatic rings. The van der Waals surface area contributed by atoms with Gasteiger partial charge in [0.1, 0.15) is 29.6 Å².